The van der Waals surface area contributed by atoms with Crippen LogP contribution in [-0.4, -0.2) is 67.0 Å². The van der Waals surface area contributed by atoms with Gasteiger partial charge in [0.15, 0.2) is 0 Å². The van der Waals surface area contributed by atoms with Crippen molar-refractivity contribution in [2.24, 2.45) is 0 Å². The summed E-state index contributed by atoms with van der Waals surface area (Å²) in [5, 5.41) is 0. The molecule has 37 heavy (non-hydrogen) atoms. The molecule has 0 aliphatic carbocycles. The Morgan fingerprint density at radius 3 is 1.78 bits per heavy atom. The number of hydrogen-bond acceptors (Lipinski definition) is 7. The van der Waals surface area contributed by atoms with E-state index in [4.69, 9.17) is 13.8 Å². The number of benzene rings is 2. The Bertz CT molecular complexity index is 1110. The lowest BCUT2D eigenvalue weighted by Crippen LogP contribution is -2.42. The van der Waals surface area contributed by atoms with Gasteiger partial charge in [-0.05, 0) is 50.7 Å². The summed E-state index contributed by atoms with van der Waals surface area (Å²) in [6.07, 6.45) is 4.18. The SMILES string of the molecule is CCOP(=O)(OCC)[C@H]1C=CN(C(=O)OC)C=C1C1N(C)[C@@H](c2ccccc2)[C@H](c2ccccc2)N1C. The summed E-state index contributed by atoms with van der Waals surface area (Å²) in [6, 6.07) is 20.7. The molecule has 9 heteroatoms. The van der Waals surface area contributed by atoms with Gasteiger partial charge in [-0.2, -0.15) is 0 Å². The van der Waals surface area contributed by atoms with Crippen LogP contribution in [0, 0.1) is 0 Å². The van der Waals surface area contributed by atoms with Crippen molar-refractivity contribution in [3.05, 3.63) is 95.8 Å². The maximum absolute atomic E-state index is 14.1. The van der Waals surface area contributed by atoms with Crippen LogP contribution < -0.4 is 0 Å². The van der Waals surface area contributed by atoms with Crippen LogP contribution in [-0.2, 0) is 18.3 Å². The van der Waals surface area contributed by atoms with Crippen LogP contribution in [0.5, 0.6) is 0 Å². The molecular formula is C28H36N3O5P. The number of nitrogens with zero attached hydrogens (tertiary/aromatic N) is 3. The number of methoxy groups -OCH3 is 1. The molecule has 2 aliphatic heterocycles. The Morgan fingerprint density at radius 1 is 0.865 bits per heavy atom. The number of ether oxygens (including phenoxy) is 1. The zero-order chi connectivity index (χ0) is 26.6. The van der Waals surface area contributed by atoms with Crippen molar-refractivity contribution in [1.82, 2.24) is 14.7 Å². The van der Waals surface area contributed by atoms with E-state index in [9.17, 15) is 9.36 Å². The number of rotatable bonds is 8. The van der Waals surface area contributed by atoms with E-state index in [1.54, 1.807) is 32.3 Å². The summed E-state index contributed by atoms with van der Waals surface area (Å²) >= 11 is 0. The quantitative estimate of drug-likeness (QED) is 0.404. The lowest BCUT2D eigenvalue weighted by molar-refractivity contribution is 0.147. The molecule has 1 fully saturated rings. The summed E-state index contributed by atoms with van der Waals surface area (Å²) < 4.78 is 30.6. The second-order valence-electron chi connectivity index (χ2n) is 9.08. The highest BCUT2D eigenvalue weighted by atomic mass is 31.2. The van der Waals surface area contributed by atoms with E-state index in [0.29, 0.717) is 0 Å². The maximum Gasteiger partial charge on any atom is 0.417 e. The second-order valence-corrected chi connectivity index (χ2v) is 11.2. The minimum absolute atomic E-state index is 0.00351. The summed E-state index contributed by atoms with van der Waals surface area (Å²) in [5.74, 6) is 0. The number of likely N-dealkylation sites (N-methyl/N-ethyl adjacent to an activating group) is 2. The smallest absolute Gasteiger partial charge is 0.417 e. The van der Waals surface area contributed by atoms with Crippen LogP contribution >= 0.6 is 7.60 Å². The number of carbonyl (C=O) groups excluding carboxylic acids is 1. The van der Waals surface area contributed by atoms with Gasteiger partial charge in [0.2, 0.25) is 0 Å². The summed E-state index contributed by atoms with van der Waals surface area (Å²) in [4.78, 5) is 18.4. The van der Waals surface area contributed by atoms with Crippen molar-refractivity contribution in [2.45, 2.75) is 37.8 Å². The van der Waals surface area contributed by atoms with Crippen LogP contribution in [0.25, 0.3) is 0 Å². The van der Waals surface area contributed by atoms with Crippen molar-refractivity contribution in [3.8, 4) is 0 Å². The normalized spacial score (nSPS) is 23.3. The van der Waals surface area contributed by atoms with Gasteiger partial charge in [0.1, 0.15) is 5.66 Å². The molecule has 0 unspecified atom stereocenters. The topological polar surface area (TPSA) is 71.5 Å². The molecule has 0 radical (unpaired) electrons. The van der Waals surface area contributed by atoms with Crippen LogP contribution in [0.4, 0.5) is 4.79 Å². The van der Waals surface area contributed by atoms with Gasteiger partial charge in [0, 0.05) is 12.4 Å². The molecule has 2 heterocycles. The van der Waals surface area contributed by atoms with E-state index in [0.717, 1.165) is 5.57 Å². The van der Waals surface area contributed by atoms with E-state index in [-0.39, 0.29) is 31.5 Å². The molecule has 8 nitrogen and oxygen atoms in total. The molecule has 3 atom stereocenters. The van der Waals surface area contributed by atoms with Gasteiger partial charge in [-0.15, -0.1) is 0 Å². The van der Waals surface area contributed by atoms with Crippen LogP contribution in [0.3, 0.4) is 0 Å². The Hall–Kier alpha value is -2.74. The molecule has 2 aromatic rings. The predicted molar refractivity (Wildman–Crippen MR) is 144 cm³/mol. The highest BCUT2D eigenvalue weighted by molar-refractivity contribution is 7.55. The monoisotopic (exact) mass is 525 g/mol. The first kappa shape index (κ1) is 27.3. The molecule has 0 saturated carbocycles. The van der Waals surface area contributed by atoms with Gasteiger partial charge in [-0.25, -0.2) is 4.79 Å². The van der Waals surface area contributed by atoms with Gasteiger partial charge in [-0.3, -0.25) is 19.3 Å². The van der Waals surface area contributed by atoms with E-state index < -0.39 is 19.3 Å². The predicted octanol–water partition coefficient (Wildman–Crippen LogP) is 5.79. The first-order valence-corrected chi connectivity index (χ1v) is 14.2. The average molecular weight is 526 g/mol. The fourth-order valence-corrected chi connectivity index (χ4v) is 7.46. The first-order valence-electron chi connectivity index (χ1n) is 12.5. The minimum atomic E-state index is -3.59. The third kappa shape index (κ3) is 5.31. The second kappa shape index (κ2) is 11.8. The first-order chi connectivity index (χ1) is 17.9. The van der Waals surface area contributed by atoms with Crippen LogP contribution in [0.2, 0.25) is 0 Å². The Kier molecular flexibility index (Phi) is 8.67. The minimum Gasteiger partial charge on any atom is -0.452 e. The van der Waals surface area contributed by atoms with Crippen molar-refractivity contribution in [3.63, 3.8) is 0 Å². The van der Waals surface area contributed by atoms with Crippen LogP contribution in [0.15, 0.2) is 84.7 Å². The molecular weight excluding hydrogens is 489 g/mol. The zero-order valence-electron chi connectivity index (χ0n) is 22.1. The summed E-state index contributed by atoms with van der Waals surface area (Å²) in [6.45, 7) is 4.08. The van der Waals surface area contributed by atoms with Gasteiger partial charge < -0.3 is 13.8 Å². The molecule has 2 aliphatic rings. The fourth-order valence-electron chi connectivity index (χ4n) is 5.49. The largest absolute Gasteiger partial charge is 0.452 e. The molecule has 0 bridgehead atoms. The van der Waals surface area contributed by atoms with Crippen molar-refractivity contribution in [1.29, 1.82) is 0 Å². The van der Waals surface area contributed by atoms with Gasteiger partial charge >= 0.3 is 13.7 Å². The van der Waals surface area contributed by atoms with E-state index in [1.165, 1.54) is 23.1 Å². The highest BCUT2D eigenvalue weighted by Crippen LogP contribution is 2.59. The fraction of sp³-hybridized carbons (Fsp3) is 0.393. The van der Waals surface area contributed by atoms with Crippen molar-refractivity contribution in [2.75, 3.05) is 34.4 Å². The Labute approximate surface area is 219 Å². The van der Waals surface area contributed by atoms with E-state index >= 15 is 0 Å². The van der Waals surface area contributed by atoms with Gasteiger partial charge in [0.05, 0.1) is 38.6 Å². The average Bonchev–Trinajstić information content (AvgIpc) is 3.18. The number of allylic oxidation sites excluding steroid dienone is 1. The molecule has 1 saturated heterocycles. The molecule has 0 N–H and O–H groups in total. The molecule has 0 spiro atoms. The third-order valence-corrected chi connectivity index (χ3v) is 9.32. The lowest BCUT2D eigenvalue weighted by Gasteiger charge is -2.37. The molecule has 0 aromatic heterocycles. The van der Waals surface area contributed by atoms with Crippen LogP contribution in [0.1, 0.15) is 37.1 Å². The maximum atomic E-state index is 14.1. The van der Waals surface area contributed by atoms with Gasteiger partial charge in [-0.1, -0.05) is 60.7 Å². The van der Waals surface area contributed by atoms with Gasteiger partial charge in [0.25, 0.3) is 0 Å². The Morgan fingerprint density at radius 2 is 1.35 bits per heavy atom. The lowest BCUT2D eigenvalue weighted by atomic mass is 9.93. The Balaban J connectivity index is 1.85. The van der Waals surface area contributed by atoms with E-state index in [1.807, 2.05) is 36.4 Å². The van der Waals surface area contributed by atoms with Crippen molar-refractivity contribution < 1.29 is 23.1 Å². The standard InChI is InChI=1S/C28H36N3O5P/c1-6-35-37(33,36-7-2)24-18-19-31(28(32)34-5)20-23(24)27-29(3)25(21-14-10-8-11-15-21)26(30(27)4)22-16-12-9-13-17-22/h8-20,24-27H,6-7H2,1-5H3/t24-,25-,26-/m0/s1. The molecule has 1 amide bonds. The summed E-state index contributed by atoms with van der Waals surface area (Å²) in [5.41, 5.74) is 2.40. The number of amides is 1. The zero-order valence-corrected chi connectivity index (χ0v) is 23.0. The highest BCUT2D eigenvalue weighted by Gasteiger charge is 2.51. The van der Waals surface area contributed by atoms with Crippen molar-refractivity contribution >= 4 is 13.7 Å². The number of hydrogen-bond donors (Lipinski definition) is 0. The molecule has 198 valence electrons. The third-order valence-electron chi connectivity index (χ3n) is 6.93. The molecule has 2 aromatic carbocycles. The summed E-state index contributed by atoms with van der Waals surface area (Å²) in [7, 11) is 1.87. The molecule has 4 rings (SSSR count). The van der Waals surface area contributed by atoms with E-state index in [2.05, 4.69) is 48.2 Å². The number of carbonyl (C=O) groups is 1.